The van der Waals surface area contributed by atoms with E-state index < -0.39 is 12.0 Å². The second kappa shape index (κ2) is 10.6. The average Bonchev–Trinajstić information content (AvgIpc) is 2.66. The highest BCUT2D eigenvalue weighted by Crippen LogP contribution is 2.00. The van der Waals surface area contributed by atoms with Crippen LogP contribution in [0, 0.1) is 0 Å². The molecule has 0 saturated heterocycles. The van der Waals surface area contributed by atoms with Gasteiger partial charge in [0.1, 0.15) is 5.82 Å². The summed E-state index contributed by atoms with van der Waals surface area (Å²) in [4.78, 5) is 23.8. The molecular formula is C20H23N3O3. The van der Waals surface area contributed by atoms with E-state index in [2.05, 4.69) is 16.0 Å². The molecule has 0 atom stereocenters. The van der Waals surface area contributed by atoms with Crippen LogP contribution in [0.4, 0.5) is 4.79 Å². The number of carbonyl (C=O) groups excluding carboxylic acids is 2. The maximum absolute atomic E-state index is 12.1. The Balaban J connectivity index is 1.93. The summed E-state index contributed by atoms with van der Waals surface area (Å²) in [7, 11) is 0. The molecular weight excluding hydrogens is 330 g/mol. The molecule has 0 aromatic heterocycles. The molecule has 6 nitrogen and oxygen atoms in total. The summed E-state index contributed by atoms with van der Waals surface area (Å²) >= 11 is 0. The van der Waals surface area contributed by atoms with Crippen molar-refractivity contribution in [3.63, 3.8) is 0 Å². The predicted molar refractivity (Wildman–Crippen MR) is 99.8 cm³/mol. The SMILES string of the molecule is CCOC(=O)/C=C(/NCc1ccccc1)NC(=O)NCc1ccccc1. The molecule has 26 heavy (non-hydrogen) atoms. The molecule has 0 radical (unpaired) electrons. The van der Waals surface area contributed by atoms with Crippen molar-refractivity contribution in [3.8, 4) is 0 Å². The van der Waals surface area contributed by atoms with E-state index in [-0.39, 0.29) is 12.4 Å². The maximum Gasteiger partial charge on any atom is 0.334 e. The van der Waals surface area contributed by atoms with Crippen molar-refractivity contribution in [2.24, 2.45) is 0 Å². The molecule has 6 heteroatoms. The molecule has 3 N–H and O–H groups in total. The molecule has 0 bridgehead atoms. The van der Waals surface area contributed by atoms with Gasteiger partial charge in [-0.2, -0.15) is 0 Å². The van der Waals surface area contributed by atoms with E-state index in [0.29, 0.717) is 13.1 Å². The van der Waals surface area contributed by atoms with Crippen molar-refractivity contribution < 1.29 is 14.3 Å². The lowest BCUT2D eigenvalue weighted by molar-refractivity contribution is -0.137. The summed E-state index contributed by atoms with van der Waals surface area (Å²) in [5.41, 5.74) is 2.00. The number of ether oxygens (including phenoxy) is 1. The molecule has 0 heterocycles. The fourth-order valence-corrected chi connectivity index (χ4v) is 2.17. The van der Waals surface area contributed by atoms with E-state index in [4.69, 9.17) is 4.74 Å². The van der Waals surface area contributed by atoms with E-state index in [9.17, 15) is 9.59 Å². The van der Waals surface area contributed by atoms with Gasteiger partial charge in [0.2, 0.25) is 0 Å². The van der Waals surface area contributed by atoms with E-state index in [1.807, 2.05) is 60.7 Å². The minimum atomic E-state index is -0.522. The molecule has 0 aliphatic heterocycles. The van der Waals surface area contributed by atoms with Crippen LogP contribution in [0.2, 0.25) is 0 Å². The van der Waals surface area contributed by atoms with Crippen molar-refractivity contribution >= 4 is 12.0 Å². The Hall–Kier alpha value is -3.28. The summed E-state index contributed by atoms with van der Waals surface area (Å²) in [5, 5.41) is 8.44. The number of hydrogen-bond acceptors (Lipinski definition) is 4. The highest BCUT2D eigenvalue weighted by Gasteiger charge is 2.07. The van der Waals surface area contributed by atoms with Gasteiger partial charge in [0.05, 0.1) is 12.7 Å². The first-order valence-corrected chi connectivity index (χ1v) is 8.42. The van der Waals surface area contributed by atoms with Crippen LogP contribution in [0.25, 0.3) is 0 Å². The van der Waals surface area contributed by atoms with E-state index in [1.54, 1.807) is 6.92 Å². The monoisotopic (exact) mass is 353 g/mol. The van der Waals surface area contributed by atoms with Crippen LogP contribution < -0.4 is 16.0 Å². The van der Waals surface area contributed by atoms with Crippen LogP contribution in [-0.4, -0.2) is 18.6 Å². The van der Waals surface area contributed by atoms with Crippen LogP contribution in [0.1, 0.15) is 18.1 Å². The molecule has 0 unspecified atom stereocenters. The van der Waals surface area contributed by atoms with Gasteiger partial charge in [-0.05, 0) is 18.1 Å². The molecule has 2 aromatic carbocycles. The Morgan fingerprint density at radius 2 is 1.42 bits per heavy atom. The van der Waals surface area contributed by atoms with Crippen molar-refractivity contribution in [1.82, 2.24) is 16.0 Å². The van der Waals surface area contributed by atoms with Gasteiger partial charge >= 0.3 is 12.0 Å². The number of esters is 1. The number of hydrogen-bond donors (Lipinski definition) is 3. The Labute approximate surface area is 153 Å². The zero-order valence-electron chi connectivity index (χ0n) is 14.7. The molecule has 0 aliphatic rings. The smallest absolute Gasteiger partial charge is 0.334 e. The second-order valence-corrected chi connectivity index (χ2v) is 5.44. The van der Waals surface area contributed by atoms with E-state index >= 15 is 0 Å². The first kappa shape index (κ1) is 19.1. The zero-order chi connectivity index (χ0) is 18.6. The standard InChI is InChI=1S/C20H23N3O3/c1-2-26-19(24)13-18(21-14-16-9-5-3-6-10-16)23-20(25)22-15-17-11-7-4-8-12-17/h3-13,21H,2,14-15H2,1H3,(H2,22,23,25)/b18-13-. The highest BCUT2D eigenvalue weighted by atomic mass is 16.5. The van der Waals surface area contributed by atoms with E-state index in [1.165, 1.54) is 6.08 Å². The van der Waals surface area contributed by atoms with Crippen molar-refractivity contribution in [2.45, 2.75) is 20.0 Å². The van der Waals surface area contributed by atoms with Crippen LogP contribution in [0.3, 0.4) is 0 Å². The minimum Gasteiger partial charge on any atom is -0.463 e. The Morgan fingerprint density at radius 1 is 0.885 bits per heavy atom. The van der Waals surface area contributed by atoms with Crippen LogP contribution >= 0.6 is 0 Å². The number of benzene rings is 2. The maximum atomic E-state index is 12.1. The minimum absolute atomic E-state index is 0.265. The molecule has 2 aromatic rings. The fraction of sp³-hybridized carbons (Fsp3) is 0.200. The summed E-state index contributed by atoms with van der Waals surface area (Å²) < 4.78 is 4.91. The Bertz CT molecular complexity index is 730. The molecule has 2 rings (SSSR count). The summed E-state index contributed by atoms with van der Waals surface area (Å²) in [6.07, 6.45) is 1.23. The fourth-order valence-electron chi connectivity index (χ4n) is 2.17. The lowest BCUT2D eigenvalue weighted by atomic mass is 10.2. The molecule has 0 saturated carbocycles. The topological polar surface area (TPSA) is 79.5 Å². The first-order chi connectivity index (χ1) is 12.7. The van der Waals surface area contributed by atoms with Gasteiger partial charge in [-0.15, -0.1) is 0 Å². The largest absolute Gasteiger partial charge is 0.463 e. The second-order valence-electron chi connectivity index (χ2n) is 5.44. The molecule has 0 fully saturated rings. The number of amides is 2. The molecule has 2 amide bonds. The number of carbonyl (C=O) groups is 2. The zero-order valence-corrected chi connectivity index (χ0v) is 14.7. The average molecular weight is 353 g/mol. The third-order valence-corrected chi connectivity index (χ3v) is 3.42. The van der Waals surface area contributed by atoms with Gasteiger partial charge in [0.25, 0.3) is 0 Å². The van der Waals surface area contributed by atoms with Crippen molar-refractivity contribution in [3.05, 3.63) is 83.7 Å². The van der Waals surface area contributed by atoms with E-state index in [0.717, 1.165) is 11.1 Å². The molecule has 136 valence electrons. The normalized spacial score (nSPS) is 10.7. The van der Waals surface area contributed by atoms with Crippen LogP contribution in [0.5, 0.6) is 0 Å². The number of nitrogens with one attached hydrogen (secondary N) is 3. The Kier molecular flexibility index (Phi) is 7.74. The first-order valence-electron chi connectivity index (χ1n) is 8.42. The van der Waals surface area contributed by atoms with Gasteiger partial charge < -0.3 is 15.4 Å². The number of urea groups is 1. The third-order valence-electron chi connectivity index (χ3n) is 3.42. The van der Waals surface area contributed by atoms with Crippen molar-refractivity contribution in [1.29, 1.82) is 0 Å². The summed E-state index contributed by atoms with van der Waals surface area (Å²) in [6, 6.07) is 18.8. The lowest BCUT2D eigenvalue weighted by Gasteiger charge is -2.13. The van der Waals surface area contributed by atoms with Gasteiger partial charge in [-0.25, -0.2) is 9.59 Å². The Morgan fingerprint density at radius 3 is 1.96 bits per heavy atom. The van der Waals surface area contributed by atoms with Crippen LogP contribution in [0.15, 0.2) is 72.6 Å². The number of rotatable bonds is 8. The van der Waals surface area contributed by atoms with Gasteiger partial charge in [0.15, 0.2) is 0 Å². The molecule has 0 spiro atoms. The van der Waals surface area contributed by atoms with Gasteiger partial charge in [-0.3, -0.25) is 5.32 Å². The van der Waals surface area contributed by atoms with Gasteiger partial charge in [-0.1, -0.05) is 60.7 Å². The van der Waals surface area contributed by atoms with Gasteiger partial charge in [0, 0.05) is 13.1 Å². The predicted octanol–water partition coefficient (Wildman–Crippen LogP) is 2.68. The highest BCUT2D eigenvalue weighted by molar-refractivity contribution is 5.84. The lowest BCUT2D eigenvalue weighted by Crippen LogP contribution is -2.39. The quantitative estimate of drug-likeness (QED) is 0.504. The summed E-state index contributed by atoms with van der Waals surface area (Å²) in [6.45, 7) is 2.84. The summed E-state index contributed by atoms with van der Waals surface area (Å²) in [5.74, 6) is -0.246. The van der Waals surface area contributed by atoms with Crippen molar-refractivity contribution in [2.75, 3.05) is 6.61 Å². The molecule has 0 aliphatic carbocycles. The third kappa shape index (κ3) is 7.09. The van der Waals surface area contributed by atoms with Crippen LogP contribution in [-0.2, 0) is 22.6 Å².